The maximum absolute atomic E-state index is 10.8. The summed E-state index contributed by atoms with van der Waals surface area (Å²) in [5, 5.41) is 10.8. The van der Waals surface area contributed by atoms with Crippen LogP contribution in [0.25, 0.3) is 0 Å². The first-order chi connectivity index (χ1) is 11.0. The van der Waals surface area contributed by atoms with Gasteiger partial charge in [-0.05, 0) is 63.8 Å². The molecular weight excluding hydrogens is 362 g/mol. The fourth-order valence-corrected chi connectivity index (χ4v) is 2.89. The Morgan fingerprint density at radius 2 is 1.78 bits per heavy atom. The molecule has 1 atom stereocenters. The van der Waals surface area contributed by atoms with Crippen LogP contribution in [-0.4, -0.2) is 31.4 Å². The highest BCUT2D eigenvalue weighted by atomic mass is 79.9. The van der Waals surface area contributed by atoms with E-state index in [2.05, 4.69) is 20.9 Å². The molecule has 2 aromatic rings. The minimum atomic E-state index is -0.832. The first-order valence-electron chi connectivity index (χ1n) is 7.05. The SMILES string of the molecule is COc1cc(C(OC)OC)c(C(O)c2ccnc(Br)c2)cc1C. The van der Waals surface area contributed by atoms with E-state index < -0.39 is 12.4 Å². The number of aliphatic hydroxyl groups is 1. The summed E-state index contributed by atoms with van der Waals surface area (Å²) in [4.78, 5) is 4.09. The molecule has 1 N–H and O–H groups in total. The number of benzene rings is 1. The third kappa shape index (κ3) is 3.90. The van der Waals surface area contributed by atoms with Crippen molar-refractivity contribution in [3.63, 3.8) is 0 Å². The Morgan fingerprint density at radius 3 is 2.35 bits per heavy atom. The van der Waals surface area contributed by atoms with Gasteiger partial charge < -0.3 is 19.3 Å². The highest BCUT2D eigenvalue weighted by Gasteiger charge is 2.23. The summed E-state index contributed by atoms with van der Waals surface area (Å²) in [6.07, 6.45) is 0.212. The molecule has 5 nitrogen and oxygen atoms in total. The van der Waals surface area contributed by atoms with Crippen LogP contribution >= 0.6 is 15.9 Å². The largest absolute Gasteiger partial charge is 0.496 e. The third-order valence-corrected chi connectivity index (χ3v) is 4.08. The smallest absolute Gasteiger partial charge is 0.183 e. The van der Waals surface area contributed by atoms with E-state index in [4.69, 9.17) is 14.2 Å². The van der Waals surface area contributed by atoms with Crippen LogP contribution in [-0.2, 0) is 9.47 Å². The molecule has 0 bridgehead atoms. The molecule has 0 spiro atoms. The molecule has 0 aliphatic rings. The van der Waals surface area contributed by atoms with Crippen LogP contribution in [0.1, 0.15) is 34.6 Å². The Balaban J connectivity index is 2.57. The van der Waals surface area contributed by atoms with E-state index in [9.17, 15) is 5.11 Å². The molecule has 1 aromatic carbocycles. The van der Waals surface area contributed by atoms with Crippen LogP contribution in [0.3, 0.4) is 0 Å². The Kier molecular flexibility index (Phi) is 6.12. The molecule has 0 saturated heterocycles. The zero-order chi connectivity index (χ0) is 17.0. The minimum Gasteiger partial charge on any atom is -0.496 e. The van der Waals surface area contributed by atoms with Crippen LogP contribution in [0, 0.1) is 6.92 Å². The zero-order valence-corrected chi connectivity index (χ0v) is 15.1. The van der Waals surface area contributed by atoms with Gasteiger partial charge in [0.1, 0.15) is 16.5 Å². The zero-order valence-electron chi connectivity index (χ0n) is 13.5. The molecule has 23 heavy (non-hydrogen) atoms. The van der Waals surface area contributed by atoms with Crippen LogP contribution in [0.4, 0.5) is 0 Å². The molecular formula is C17H20BrNO4. The average molecular weight is 382 g/mol. The van der Waals surface area contributed by atoms with Crippen molar-refractivity contribution in [1.82, 2.24) is 4.98 Å². The van der Waals surface area contributed by atoms with Crippen molar-refractivity contribution < 1.29 is 19.3 Å². The van der Waals surface area contributed by atoms with Gasteiger partial charge in [-0.15, -0.1) is 0 Å². The summed E-state index contributed by atoms with van der Waals surface area (Å²) < 4.78 is 16.8. The summed E-state index contributed by atoms with van der Waals surface area (Å²) >= 11 is 3.32. The fraction of sp³-hybridized carbons (Fsp3) is 0.353. The van der Waals surface area contributed by atoms with Crippen molar-refractivity contribution in [2.45, 2.75) is 19.3 Å². The summed E-state index contributed by atoms with van der Waals surface area (Å²) in [7, 11) is 4.72. The number of aromatic nitrogens is 1. The van der Waals surface area contributed by atoms with E-state index >= 15 is 0 Å². The van der Waals surface area contributed by atoms with E-state index in [-0.39, 0.29) is 0 Å². The fourth-order valence-electron chi connectivity index (χ4n) is 2.50. The first-order valence-corrected chi connectivity index (χ1v) is 7.84. The molecule has 0 amide bonds. The molecule has 1 aromatic heterocycles. The van der Waals surface area contributed by atoms with E-state index in [0.717, 1.165) is 16.7 Å². The standard InChI is InChI=1S/C17H20BrNO4/c1-10-7-12(16(20)11-5-6-19-15(18)8-11)13(9-14(10)21-2)17(22-3)23-4/h5-9,16-17,20H,1-4H3. The van der Waals surface area contributed by atoms with E-state index in [1.807, 2.05) is 19.1 Å². The van der Waals surface area contributed by atoms with Gasteiger partial charge in [0.05, 0.1) is 7.11 Å². The maximum Gasteiger partial charge on any atom is 0.183 e. The minimum absolute atomic E-state index is 0.598. The van der Waals surface area contributed by atoms with Gasteiger partial charge in [-0.1, -0.05) is 0 Å². The van der Waals surface area contributed by atoms with Gasteiger partial charge in [-0.25, -0.2) is 4.98 Å². The van der Waals surface area contributed by atoms with Crippen molar-refractivity contribution in [2.24, 2.45) is 0 Å². The van der Waals surface area contributed by atoms with Gasteiger partial charge in [0.2, 0.25) is 0 Å². The van der Waals surface area contributed by atoms with Crippen molar-refractivity contribution in [3.05, 3.63) is 57.3 Å². The number of nitrogens with zero attached hydrogens (tertiary/aromatic N) is 1. The van der Waals surface area contributed by atoms with Crippen LogP contribution in [0.15, 0.2) is 35.1 Å². The second kappa shape index (κ2) is 7.88. The van der Waals surface area contributed by atoms with Gasteiger partial charge in [-0.2, -0.15) is 0 Å². The van der Waals surface area contributed by atoms with Crippen molar-refractivity contribution in [2.75, 3.05) is 21.3 Å². The number of pyridine rings is 1. The Bertz CT molecular complexity index is 674. The van der Waals surface area contributed by atoms with E-state index in [0.29, 0.717) is 15.9 Å². The number of hydrogen-bond donors (Lipinski definition) is 1. The summed E-state index contributed by atoms with van der Waals surface area (Å²) in [5.74, 6) is 0.714. The predicted octanol–water partition coefficient (Wildman–Crippen LogP) is 3.53. The number of halogens is 1. The van der Waals surface area contributed by atoms with Crippen molar-refractivity contribution >= 4 is 15.9 Å². The number of rotatable bonds is 6. The molecule has 0 aliphatic carbocycles. The lowest BCUT2D eigenvalue weighted by Gasteiger charge is -2.23. The third-order valence-electron chi connectivity index (χ3n) is 3.64. The molecule has 0 saturated carbocycles. The molecule has 6 heteroatoms. The normalized spacial score (nSPS) is 12.5. The second-order valence-corrected chi connectivity index (χ2v) is 5.88. The Morgan fingerprint density at radius 1 is 1.09 bits per heavy atom. The monoisotopic (exact) mass is 381 g/mol. The van der Waals surface area contributed by atoms with Crippen LogP contribution in [0.5, 0.6) is 5.75 Å². The highest BCUT2D eigenvalue weighted by Crippen LogP contribution is 2.35. The molecule has 1 heterocycles. The van der Waals surface area contributed by atoms with Gasteiger partial charge in [0, 0.05) is 26.0 Å². The lowest BCUT2D eigenvalue weighted by atomic mass is 9.94. The highest BCUT2D eigenvalue weighted by molar-refractivity contribution is 9.10. The first kappa shape index (κ1) is 17.9. The van der Waals surface area contributed by atoms with Crippen molar-refractivity contribution in [1.29, 1.82) is 0 Å². The lowest BCUT2D eigenvalue weighted by Crippen LogP contribution is -2.12. The number of hydrogen-bond acceptors (Lipinski definition) is 5. The summed E-state index contributed by atoms with van der Waals surface area (Å²) in [6, 6.07) is 7.27. The van der Waals surface area contributed by atoms with Gasteiger partial charge in [0.25, 0.3) is 0 Å². The Labute approximate surface area is 144 Å². The second-order valence-electron chi connectivity index (χ2n) is 5.07. The quantitative estimate of drug-likeness (QED) is 0.612. The molecule has 124 valence electrons. The topological polar surface area (TPSA) is 60.8 Å². The number of ether oxygens (including phenoxy) is 3. The molecule has 0 radical (unpaired) electrons. The number of aryl methyl sites for hydroxylation is 1. The van der Waals surface area contributed by atoms with Crippen LogP contribution < -0.4 is 4.74 Å². The molecule has 2 rings (SSSR count). The number of methoxy groups -OCH3 is 3. The molecule has 0 aliphatic heterocycles. The average Bonchev–Trinajstić information content (AvgIpc) is 2.56. The maximum atomic E-state index is 10.8. The molecule has 0 fully saturated rings. The Hall–Kier alpha value is -1.47. The van der Waals surface area contributed by atoms with E-state index in [1.54, 1.807) is 39.7 Å². The van der Waals surface area contributed by atoms with Crippen LogP contribution in [0.2, 0.25) is 0 Å². The van der Waals surface area contributed by atoms with Crippen molar-refractivity contribution in [3.8, 4) is 5.75 Å². The molecule has 1 unspecified atom stereocenters. The van der Waals surface area contributed by atoms with Gasteiger partial charge in [0.15, 0.2) is 6.29 Å². The number of aliphatic hydroxyl groups excluding tert-OH is 1. The summed E-state index contributed by atoms with van der Waals surface area (Å²) in [6.45, 7) is 1.93. The summed E-state index contributed by atoms with van der Waals surface area (Å²) in [5.41, 5.74) is 3.07. The van der Waals surface area contributed by atoms with Gasteiger partial charge in [-0.3, -0.25) is 0 Å². The predicted molar refractivity (Wildman–Crippen MR) is 90.5 cm³/mol. The van der Waals surface area contributed by atoms with E-state index in [1.165, 1.54) is 0 Å². The van der Waals surface area contributed by atoms with Gasteiger partial charge >= 0.3 is 0 Å². The lowest BCUT2D eigenvalue weighted by molar-refractivity contribution is -0.107.